The van der Waals surface area contributed by atoms with E-state index >= 15 is 0 Å². The number of ether oxygens (including phenoxy) is 2. The van der Waals surface area contributed by atoms with Crippen LogP contribution in [0.3, 0.4) is 0 Å². The third-order valence-corrected chi connectivity index (χ3v) is 4.76. The van der Waals surface area contributed by atoms with Gasteiger partial charge in [-0.2, -0.15) is 0 Å². The summed E-state index contributed by atoms with van der Waals surface area (Å²) in [5, 5.41) is 5.54. The molecule has 2 amide bonds. The number of benzene rings is 2. The van der Waals surface area contributed by atoms with Gasteiger partial charge in [0.25, 0.3) is 0 Å². The van der Waals surface area contributed by atoms with E-state index < -0.39 is 11.8 Å². The van der Waals surface area contributed by atoms with Gasteiger partial charge in [0.2, 0.25) is 0 Å². The SMILES string of the molecule is CCOc1ccc(C)cc1C(C)NC(=O)C(=O)NC(C)c1cc(C)ccc1OCC. The Morgan fingerprint density at radius 2 is 1.13 bits per heavy atom. The Bertz CT molecular complexity index is 821. The molecule has 2 aromatic carbocycles. The van der Waals surface area contributed by atoms with Crippen molar-refractivity contribution in [2.24, 2.45) is 0 Å². The summed E-state index contributed by atoms with van der Waals surface area (Å²) in [6, 6.07) is 10.8. The molecule has 0 bridgehead atoms. The fraction of sp³-hybridized carbons (Fsp3) is 0.417. The van der Waals surface area contributed by atoms with Gasteiger partial charge in [-0.1, -0.05) is 35.4 Å². The van der Waals surface area contributed by atoms with Crippen molar-refractivity contribution in [3.8, 4) is 11.5 Å². The predicted molar refractivity (Wildman–Crippen MR) is 118 cm³/mol. The normalized spacial score (nSPS) is 12.6. The van der Waals surface area contributed by atoms with Crippen LogP contribution < -0.4 is 20.1 Å². The number of hydrogen-bond donors (Lipinski definition) is 2. The van der Waals surface area contributed by atoms with Crippen molar-refractivity contribution in [1.29, 1.82) is 0 Å². The van der Waals surface area contributed by atoms with Gasteiger partial charge in [-0.3, -0.25) is 9.59 Å². The number of hydrogen-bond acceptors (Lipinski definition) is 4. The molecule has 162 valence electrons. The summed E-state index contributed by atoms with van der Waals surface area (Å²) in [5.41, 5.74) is 3.78. The highest BCUT2D eigenvalue weighted by Crippen LogP contribution is 2.28. The zero-order chi connectivity index (χ0) is 22.3. The Morgan fingerprint density at radius 3 is 1.47 bits per heavy atom. The minimum Gasteiger partial charge on any atom is -0.494 e. The molecular weight excluding hydrogens is 380 g/mol. The number of aryl methyl sites for hydroxylation is 2. The Kier molecular flexibility index (Phi) is 8.27. The molecule has 2 unspecified atom stereocenters. The van der Waals surface area contributed by atoms with E-state index in [1.54, 1.807) is 0 Å². The zero-order valence-corrected chi connectivity index (χ0v) is 18.7. The van der Waals surface area contributed by atoms with Crippen LogP contribution in [0.4, 0.5) is 0 Å². The number of rotatable bonds is 8. The maximum atomic E-state index is 12.5. The van der Waals surface area contributed by atoms with E-state index in [0.29, 0.717) is 24.7 Å². The lowest BCUT2D eigenvalue weighted by Crippen LogP contribution is -2.42. The minimum absolute atomic E-state index is 0.377. The van der Waals surface area contributed by atoms with Gasteiger partial charge in [0.15, 0.2) is 0 Å². The molecule has 6 nitrogen and oxygen atoms in total. The van der Waals surface area contributed by atoms with Crippen molar-refractivity contribution in [2.45, 2.75) is 53.6 Å². The molecular formula is C24H32N2O4. The number of carbonyl (C=O) groups excluding carboxylic acids is 2. The average Bonchev–Trinajstić information content (AvgIpc) is 2.70. The smallest absolute Gasteiger partial charge is 0.309 e. The lowest BCUT2D eigenvalue weighted by atomic mass is 10.0. The number of amides is 2. The van der Waals surface area contributed by atoms with Gasteiger partial charge in [-0.25, -0.2) is 0 Å². The third kappa shape index (κ3) is 5.99. The molecule has 2 N–H and O–H groups in total. The summed E-state index contributed by atoms with van der Waals surface area (Å²) >= 11 is 0. The van der Waals surface area contributed by atoms with Gasteiger partial charge in [0.1, 0.15) is 11.5 Å². The molecule has 0 aromatic heterocycles. The van der Waals surface area contributed by atoms with Gasteiger partial charge in [0, 0.05) is 11.1 Å². The topological polar surface area (TPSA) is 76.7 Å². The quantitative estimate of drug-likeness (QED) is 0.639. The van der Waals surface area contributed by atoms with E-state index in [-0.39, 0.29) is 12.1 Å². The molecule has 0 saturated heterocycles. The van der Waals surface area contributed by atoms with E-state index in [1.165, 1.54) is 0 Å². The Hall–Kier alpha value is -3.02. The Labute approximate surface area is 179 Å². The van der Waals surface area contributed by atoms with Crippen molar-refractivity contribution in [2.75, 3.05) is 13.2 Å². The van der Waals surface area contributed by atoms with Gasteiger partial charge >= 0.3 is 11.8 Å². The second-order valence-corrected chi connectivity index (χ2v) is 7.34. The average molecular weight is 413 g/mol. The summed E-state index contributed by atoms with van der Waals surface area (Å²) in [6.07, 6.45) is 0. The first kappa shape index (κ1) is 23.3. The summed E-state index contributed by atoms with van der Waals surface area (Å²) in [7, 11) is 0. The number of carbonyl (C=O) groups is 2. The molecule has 0 fully saturated rings. The molecule has 0 aliphatic heterocycles. The summed E-state index contributed by atoms with van der Waals surface area (Å²) in [6.45, 7) is 12.5. The Balaban J connectivity index is 2.09. The molecule has 0 heterocycles. The second kappa shape index (κ2) is 10.7. The van der Waals surface area contributed by atoms with Crippen LogP contribution in [0.25, 0.3) is 0 Å². The van der Waals surface area contributed by atoms with Crippen molar-refractivity contribution in [1.82, 2.24) is 10.6 Å². The van der Waals surface area contributed by atoms with E-state index in [1.807, 2.05) is 77.9 Å². The molecule has 0 aliphatic rings. The molecule has 0 aliphatic carbocycles. The van der Waals surface area contributed by atoms with Gasteiger partial charge < -0.3 is 20.1 Å². The van der Waals surface area contributed by atoms with Crippen molar-refractivity contribution >= 4 is 11.8 Å². The molecule has 2 aromatic rings. The molecule has 2 atom stereocenters. The fourth-order valence-electron chi connectivity index (χ4n) is 3.27. The van der Waals surface area contributed by atoms with Gasteiger partial charge in [-0.05, 0) is 53.7 Å². The van der Waals surface area contributed by atoms with E-state index in [4.69, 9.17) is 9.47 Å². The first-order chi connectivity index (χ1) is 14.3. The Morgan fingerprint density at radius 1 is 0.767 bits per heavy atom. The van der Waals surface area contributed by atoms with Crippen LogP contribution in [0.15, 0.2) is 36.4 Å². The largest absolute Gasteiger partial charge is 0.494 e. The standard InChI is InChI=1S/C24H32N2O4/c1-7-29-21-11-9-15(3)13-19(21)17(5)25-23(27)24(28)26-18(6)20-14-16(4)10-12-22(20)30-8-2/h9-14,17-18H,7-8H2,1-6H3,(H,25,27)(H,26,28). The van der Waals surface area contributed by atoms with Crippen molar-refractivity contribution < 1.29 is 19.1 Å². The van der Waals surface area contributed by atoms with Crippen LogP contribution in [-0.4, -0.2) is 25.0 Å². The lowest BCUT2D eigenvalue weighted by molar-refractivity contribution is -0.140. The van der Waals surface area contributed by atoms with E-state index in [2.05, 4.69) is 10.6 Å². The van der Waals surface area contributed by atoms with E-state index in [0.717, 1.165) is 22.3 Å². The summed E-state index contributed by atoms with van der Waals surface area (Å²) in [4.78, 5) is 25.1. The first-order valence-electron chi connectivity index (χ1n) is 10.3. The van der Waals surface area contributed by atoms with Gasteiger partial charge in [-0.15, -0.1) is 0 Å². The highest BCUT2D eigenvalue weighted by molar-refractivity contribution is 6.35. The van der Waals surface area contributed by atoms with Crippen LogP contribution in [0.5, 0.6) is 11.5 Å². The molecule has 6 heteroatoms. The molecule has 2 rings (SSSR count). The maximum absolute atomic E-state index is 12.5. The monoisotopic (exact) mass is 412 g/mol. The maximum Gasteiger partial charge on any atom is 0.309 e. The predicted octanol–water partition coefficient (Wildman–Crippen LogP) is 4.16. The van der Waals surface area contributed by atoms with Crippen LogP contribution in [0, 0.1) is 13.8 Å². The minimum atomic E-state index is -0.691. The molecule has 0 spiro atoms. The van der Waals surface area contributed by atoms with E-state index in [9.17, 15) is 9.59 Å². The molecule has 0 saturated carbocycles. The highest BCUT2D eigenvalue weighted by Gasteiger charge is 2.22. The molecule has 30 heavy (non-hydrogen) atoms. The van der Waals surface area contributed by atoms with Gasteiger partial charge in [0.05, 0.1) is 25.3 Å². The highest BCUT2D eigenvalue weighted by atomic mass is 16.5. The second-order valence-electron chi connectivity index (χ2n) is 7.34. The first-order valence-corrected chi connectivity index (χ1v) is 10.3. The van der Waals surface area contributed by atoms with Crippen LogP contribution >= 0.6 is 0 Å². The van der Waals surface area contributed by atoms with Crippen LogP contribution in [0.2, 0.25) is 0 Å². The molecule has 0 radical (unpaired) electrons. The van der Waals surface area contributed by atoms with Crippen LogP contribution in [0.1, 0.15) is 62.0 Å². The number of nitrogens with one attached hydrogen (secondary N) is 2. The summed E-state index contributed by atoms with van der Waals surface area (Å²) < 4.78 is 11.3. The van der Waals surface area contributed by atoms with Crippen molar-refractivity contribution in [3.05, 3.63) is 58.7 Å². The summed E-state index contributed by atoms with van der Waals surface area (Å²) in [5.74, 6) is 0.0180. The fourth-order valence-corrected chi connectivity index (χ4v) is 3.27. The third-order valence-electron chi connectivity index (χ3n) is 4.76. The van der Waals surface area contributed by atoms with Crippen molar-refractivity contribution in [3.63, 3.8) is 0 Å². The lowest BCUT2D eigenvalue weighted by Gasteiger charge is -2.21. The zero-order valence-electron chi connectivity index (χ0n) is 18.7. The van der Waals surface area contributed by atoms with Crippen LogP contribution in [-0.2, 0) is 9.59 Å².